The van der Waals surface area contributed by atoms with E-state index in [0.717, 1.165) is 13.0 Å². The second-order valence-electron chi connectivity index (χ2n) is 3.95. The molecule has 0 spiro atoms. The molecule has 1 saturated heterocycles. The van der Waals surface area contributed by atoms with Crippen LogP contribution in [0.4, 0.5) is 0 Å². The lowest BCUT2D eigenvalue weighted by molar-refractivity contribution is -0.177. The second kappa shape index (κ2) is 3.92. The molecule has 0 N–H and O–H groups in total. The maximum absolute atomic E-state index is 10.7. The maximum Gasteiger partial charge on any atom is 0.330 e. The van der Waals surface area contributed by atoms with Crippen LogP contribution < -0.4 is 0 Å². The lowest BCUT2D eigenvalue weighted by atomic mass is 9.81. The molecule has 1 rings (SSSR count). The normalized spacial score (nSPS) is 24.6. The van der Waals surface area contributed by atoms with E-state index in [4.69, 9.17) is 9.47 Å². The number of hydrogen-bond donors (Lipinski definition) is 0. The first-order valence-corrected chi connectivity index (χ1v) is 4.47. The minimum atomic E-state index is -0.364. The van der Waals surface area contributed by atoms with Crippen molar-refractivity contribution >= 4 is 5.97 Å². The first-order chi connectivity index (χ1) is 6.06. The van der Waals surface area contributed by atoms with Crippen molar-refractivity contribution in [2.75, 3.05) is 13.2 Å². The quantitative estimate of drug-likeness (QED) is 0.491. The summed E-state index contributed by atoms with van der Waals surface area (Å²) >= 11 is 0. The Morgan fingerprint density at radius 2 is 2.46 bits per heavy atom. The minimum Gasteiger partial charge on any atom is -0.462 e. The largest absolute Gasteiger partial charge is 0.462 e. The molecule has 0 aromatic rings. The summed E-state index contributed by atoms with van der Waals surface area (Å²) in [6, 6.07) is 0. The Morgan fingerprint density at radius 3 is 2.85 bits per heavy atom. The molecule has 0 saturated carbocycles. The van der Waals surface area contributed by atoms with E-state index in [9.17, 15) is 4.79 Å². The molecule has 0 amide bonds. The Hall–Kier alpha value is -0.830. The Labute approximate surface area is 78.7 Å². The van der Waals surface area contributed by atoms with Crippen molar-refractivity contribution in [2.24, 2.45) is 5.41 Å². The van der Waals surface area contributed by atoms with Crippen LogP contribution in [0.1, 0.15) is 20.3 Å². The van der Waals surface area contributed by atoms with Gasteiger partial charge in [-0.3, -0.25) is 0 Å². The van der Waals surface area contributed by atoms with Crippen LogP contribution in [-0.4, -0.2) is 25.3 Å². The Bertz CT molecular complexity index is 208. The molecule has 13 heavy (non-hydrogen) atoms. The SMILES string of the molecule is C=CC(=O)OCCC1OCC1(C)C. The predicted octanol–water partition coefficient (Wildman–Crippen LogP) is 1.53. The zero-order valence-electron chi connectivity index (χ0n) is 8.21. The van der Waals surface area contributed by atoms with Crippen LogP contribution in [-0.2, 0) is 14.3 Å². The minimum absolute atomic E-state index is 0.227. The van der Waals surface area contributed by atoms with Gasteiger partial charge in [0.15, 0.2) is 0 Å². The number of ether oxygens (including phenoxy) is 2. The van der Waals surface area contributed by atoms with Crippen LogP contribution in [0.5, 0.6) is 0 Å². The van der Waals surface area contributed by atoms with Gasteiger partial charge in [-0.05, 0) is 0 Å². The van der Waals surface area contributed by atoms with E-state index in [1.165, 1.54) is 6.08 Å². The summed E-state index contributed by atoms with van der Waals surface area (Å²) in [7, 11) is 0. The van der Waals surface area contributed by atoms with E-state index in [1.807, 2.05) is 0 Å². The molecular formula is C10H16O3. The smallest absolute Gasteiger partial charge is 0.330 e. The zero-order chi connectivity index (χ0) is 9.90. The predicted molar refractivity (Wildman–Crippen MR) is 49.3 cm³/mol. The van der Waals surface area contributed by atoms with Gasteiger partial charge in [0.1, 0.15) is 0 Å². The third-order valence-electron chi connectivity index (χ3n) is 2.32. The summed E-state index contributed by atoms with van der Waals surface area (Å²) < 4.78 is 10.2. The van der Waals surface area contributed by atoms with E-state index < -0.39 is 0 Å². The molecule has 1 heterocycles. The van der Waals surface area contributed by atoms with Gasteiger partial charge in [-0.2, -0.15) is 0 Å². The molecule has 0 aromatic heterocycles. The summed E-state index contributed by atoms with van der Waals surface area (Å²) in [5, 5.41) is 0. The van der Waals surface area contributed by atoms with Gasteiger partial charge in [0, 0.05) is 17.9 Å². The van der Waals surface area contributed by atoms with Crippen molar-refractivity contribution in [3.63, 3.8) is 0 Å². The molecule has 0 aromatic carbocycles. The fourth-order valence-corrected chi connectivity index (χ4v) is 1.33. The molecule has 0 aliphatic carbocycles. The Kier molecular flexibility index (Phi) is 3.09. The topological polar surface area (TPSA) is 35.5 Å². The number of carbonyl (C=O) groups excluding carboxylic acids is 1. The van der Waals surface area contributed by atoms with E-state index >= 15 is 0 Å². The van der Waals surface area contributed by atoms with Crippen LogP contribution >= 0.6 is 0 Å². The van der Waals surface area contributed by atoms with Gasteiger partial charge < -0.3 is 9.47 Å². The van der Waals surface area contributed by atoms with E-state index in [-0.39, 0.29) is 17.5 Å². The highest BCUT2D eigenvalue weighted by Gasteiger charge is 2.39. The Balaban J connectivity index is 2.13. The molecule has 74 valence electrons. The summed E-state index contributed by atoms with van der Waals surface area (Å²) in [4.78, 5) is 10.7. The molecule has 3 heteroatoms. The molecule has 1 fully saturated rings. The van der Waals surface area contributed by atoms with Gasteiger partial charge in [0.25, 0.3) is 0 Å². The van der Waals surface area contributed by atoms with Crippen LogP contribution in [0, 0.1) is 5.41 Å². The summed E-state index contributed by atoms with van der Waals surface area (Å²) in [5.74, 6) is -0.364. The highest BCUT2D eigenvalue weighted by atomic mass is 16.5. The van der Waals surface area contributed by atoms with Crippen LogP contribution in [0.25, 0.3) is 0 Å². The van der Waals surface area contributed by atoms with Crippen molar-refractivity contribution in [1.82, 2.24) is 0 Å². The van der Waals surface area contributed by atoms with Crippen molar-refractivity contribution in [2.45, 2.75) is 26.4 Å². The van der Waals surface area contributed by atoms with Gasteiger partial charge in [-0.15, -0.1) is 0 Å². The molecule has 1 unspecified atom stereocenters. The lowest BCUT2D eigenvalue weighted by Gasteiger charge is -2.44. The van der Waals surface area contributed by atoms with Gasteiger partial charge >= 0.3 is 5.97 Å². The average molecular weight is 184 g/mol. The zero-order valence-corrected chi connectivity index (χ0v) is 8.21. The standard InChI is InChI=1S/C10H16O3/c1-4-9(11)12-6-5-8-10(2,3)7-13-8/h4,8H,1,5-7H2,2-3H3. The summed E-state index contributed by atoms with van der Waals surface area (Å²) in [5.41, 5.74) is 0.237. The van der Waals surface area contributed by atoms with Crippen molar-refractivity contribution < 1.29 is 14.3 Å². The fourth-order valence-electron chi connectivity index (χ4n) is 1.33. The molecule has 0 bridgehead atoms. The maximum atomic E-state index is 10.7. The highest BCUT2D eigenvalue weighted by molar-refractivity contribution is 5.81. The number of carbonyl (C=O) groups is 1. The van der Waals surface area contributed by atoms with E-state index in [1.54, 1.807) is 0 Å². The first-order valence-electron chi connectivity index (χ1n) is 4.47. The van der Waals surface area contributed by atoms with Gasteiger partial charge in [0.2, 0.25) is 0 Å². The third-order valence-corrected chi connectivity index (χ3v) is 2.32. The van der Waals surface area contributed by atoms with E-state index in [2.05, 4.69) is 20.4 Å². The number of hydrogen-bond acceptors (Lipinski definition) is 3. The summed E-state index contributed by atoms with van der Waals surface area (Å²) in [6.07, 6.45) is 2.17. The molecule has 1 aliphatic heterocycles. The van der Waals surface area contributed by atoms with Crippen LogP contribution in [0.2, 0.25) is 0 Å². The third kappa shape index (κ3) is 2.56. The second-order valence-corrected chi connectivity index (χ2v) is 3.95. The summed E-state index contributed by atoms with van der Waals surface area (Å²) in [6.45, 7) is 8.83. The van der Waals surface area contributed by atoms with Crippen molar-refractivity contribution in [1.29, 1.82) is 0 Å². The molecule has 3 nitrogen and oxygen atoms in total. The Morgan fingerprint density at radius 1 is 1.77 bits per heavy atom. The van der Waals surface area contributed by atoms with Gasteiger partial charge in [-0.1, -0.05) is 20.4 Å². The van der Waals surface area contributed by atoms with Gasteiger partial charge in [-0.25, -0.2) is 4.79 Å². The van der Waals surface area contributed by atoms with Crippen molar-refractivity contribution in [3.8, 4) is 0 Å². The van der Waals surface area contributed by atoms with E-state index in [0.29, 0.717) is 6.61 Å². The molecule has 1 aliphatic rings. The molecule has 0 radical (unpaired) electrons. The average Bonchev–Trinajstić information content (AvgIpc) is 2.10. The van der Waals surface area contributed by atoms with Crippen molar-refractivity contribution in [3.05, 3.63) is 12.7 Å². The molecule has 1 atom stereocenters. The van der Waals surface area contributed by atoms with Crippen LogP contribution in [0.15, 0.2) is 12.7 Å². The highest BCUT2D eigenvalue weighted by Crippen LogP contribution is 2.35. The lowest BCUT2D eigenvalue weighted by Crippen LogP contribution is -2.48. The number of rotatable bonds is 4. The van der Waals surface area contributed by atoms with Crippen LogP contribution in [0.3, 0.4) is 0 Å². The monoisotopic (exact) mass is 184 g/mol. The fraction of sp³-hybridized carbons (Fsp3) is 0.700. The van der Waals surface area contributed by atoms with Gasteiger partial charge in [0.05, 0.1) is 19.3 Å². The number of esters is 1. The first kappa shape index (κ1) is 10.3. The molecular weight excluding hydrogens is 168 g/mol.